The van der Waals surface area contributed by atoms with Gasteiger partial charge in [0.05, 0.1) is 18.8 Å². The lowest BCUT2D eigenvalue weighted by atomic mass is 9.89. The fourth-order valence-corrected chi connectivity index (χ4v) is 1.66. The van der Waals surface area contributed by atoms with Crippen molar-refractivity contribution in [2.45, 2.75) is 31.5 Å². The number of ether oxygens (including phenoxy) is 1. The lowest BCUT2D eigenvalue weighted by Crippen LogP contribution is -2.45. The van der Waals surface area contributed by atoms with E-state index in [2.05, 4.69) is 15.6 Å². The van der Waals surface area contributed by atoms with Crippen LogP contribution in [0.3, 0.4) is 0 Å². The van der Waals surface area contributed by atoms with E-state index >= 15 is 0 Å². The van der Waals surface area contributed by atoms with Gasteiger partial charge in [-0.15, -0.1) is 5.10 Å². The second-order valence-corrected chi connectivity index (χ2v) is 3.65. The fraction of sp³-hybridized carbons (Fsp3) is 0.778. The summed E-state index contributed by atoms with van der Waals surface area (Å²) in [5.74, 6) is 0. The van der Waals surface area contributed by atoms with Gasteiger partial charge in [-0.05, 0) is 12.8 Å². The second kappa shape index (κ2) is 4.52. The van der Waals surface area contributed by atoms with Crippen LogP contribution >= 0.6 is 0 Å². The minimum absolute atomic E-state index is 0.471. The number of methoxy groups -OCH3 is 1. The average Bonchev–Trinajstić information content (AvgIpc) is 2.61. The lowest BCUT2D eigenvalue weighted by Gasteiger charge is -2.34. The van der Waals surface area contributed by atoms with Crippen molar-refractivity contribution >= 4 is 0 Å². The number of nitrogens with one attached hydrogen (secondary N) is 1. The van der Waals surface area contributed by atoms with Crippen LogP contribution in [-0.2, 0) is 11.3 Å². The Balaban J connectivity index is 1.56. The molecule has 78 valence electrons. The number of aromatic nitrogens is 3. The SMILES string of the molecule is COC1CC(NCCn2ccnn2)C1. The molecule has 0 radical (unpaired) electrons. The molecule has 1 heterocycles. The van der Waals surface area contributed by atoms with Crippen LogP contribution in [0.1, 0.15) is 12.8 Å². The van der Waals surface area contributed by atoms with Gasteiger partial charge in [0.2, 0.25) is 0 Å². The molecule has 1 fully saturated rings. The van der Waals surface area contributed by atoms with Crippen molar-refractivity contribution in [3.05, 3.63) is 12.4 Å². The zero-order chi connectivity index (χ0) is 9.80. The Labute approximate surface area is 83.4 Å². The van der Waals surface area contributed by atoms with E-state index in [-0.39, 0.29) is 0 Å². The molecule has 14 heavy (non-hydrogen) atoms. The predicted octanol–water partition coefficient (Wildman–Crippen LogP) is 0.0451. The van der Waals surface area contributed by atoms with E-state index in [1.54, 1.807) is 13.3 Å². The Bertz CT molecular complexity index is 256. The molecule has 0 aliphatic heterocycles. The van der Waals surface area contributed by atoms with Gasteiger partial charge < -0.3 is 10.1 Å². The maximum Gasteiger partial charge on any atom is 0.0692 e. The van der Waals surface area contributed by atoms with Crippen LogP contribution in [0, 0.1) is 0 Å². The summed E-state index contributed by atoms with van der Waals surface area (Å²) in [7, 11) is 1.77. The molecule has 1 N–H and O–H groups in total. The third-order valence-electron chi connectivity index (χ3n) is 2.67. The van der Waals surface area contributed by atoms with Crippen LogP contribution in [0.25, 0.3) is 0 Å². The summed E-state index contributed by atoms with van der Waals surface area (Å²) in [5.41, 5.74) is 0. The highest BCUT2D eigenvalue weighted by Crippen LogP contribution is 2.21. The van der Waals surface area contributed by atoms with Crippen LogP contribution in [0.5, 0.6) is 0 Å². The highest BCUT2D eigenvalue weighted by molar-refractivity contribution is 4.85. The second-order valence-electron chi connectivity index (χ2n) is 3.65. The first-order valence-electron chi connectivity index (χ1n) is 4.99. The molecule has 0 saturated heterocycles. The molecule has 0 bridgehead atoms. The third kappa shape index (κ3) is 2.30. The molecule has 1 aromatic heterocycles. The molecule has 0 aromatic carbocycles. The van der Waals surface area contributed by atoms with Gasteiger partial charge in [0.15, 0.2) is 0 Å². The Morgan fingerprint density at radius 3 is 3.07 bits per heavy atom. The molecule has 2 rings (SSSR count). The summed E-state index contributed by atoms with van der Waals surface area (Å²) < 4.78 is 7.03. The molecule has 1 aromatic rings. The van der Waals surface area contributed by atoms with Crippen molar-refractivity contribution < 1.29 is 4.74 Å². The van der Waals surface area contributed by atoms with E-state index in [9.17, 15) is 0 Å². The van der Waals surface area contributed by atoms with Gasteiger partial charge in [0.25, 0.3) is 0 Å². The zero-order valence-electron chi connectivity index (χ0n) is 8.39. The highest BCUT2D eigenvalue weighted by Gasteiger charge is 2.27. The maximum absolute atomic E-state index is 5.20. The van der Waals surface area contributed by atoms with Gasteiger partial charge in [-0.2, -0.15) is 0 Å². The molecular weight excluding hydrogens is 180 g/mol. The largest absolute Gasteiger partial charge is 0.381 e. The van der Waals surface area contributed by atoms with E-state index in [1.165, 1.54) is 0 Å². The predicted molar refractivity (Wildman–Crippen MR) is 51.8 cm³/mol. The standard InChI is InChI=1S/C9H16N4O/c1-14-9-6-8(7-9)10-2-4-13-5-3-11-12-13/h3,5,8-10H,2,4,6-7H2,1H3. The topological polar surface area (TPSA) is 52.0 Å². The minimum atomic E-state index is 0.471. The first-order chi connectivity index (χ1) is 6.88. The number of nitrogens with zero attached hydrogens (tertiary/aromatic N) is 3. The number of hydrogen-bond acceptors (Lipinski definition) is 4. The Morgan fingerprint density at radius 2 is 2.43 bits per heavy atom. The van der Waals surface area contributed by atoms with E-state index < -0.39 is 0 Å². The Morgan fingerprint density at radius 1 is 1.57 bits per heavy atom. The summed E-state index contributed by atoms with van der Waals surface area (Å²) in [6, 6.07) is 0.628. The zero-order valence-corrected chi connectivity index (χ0v) is 8.39. The van der Waals surface area contributed by atoms with Crippen LogP contribution in [0.15, 0.2) is 12.4 Å². The quantitative estimate of drug-likeness (QED) is 0.722. The van der Waals surface area contributed by atoms with E-state index in [0.29, 0.717) is 12.1 Å². The van der Waals surface area contributed by atoms with E-state index in [4.69, 9.17) is 4.74 Å². The van der Waals surface area contributed by atoms with Crippen LogP contribution < -0.4 is 5.32 Å². The third-order valence-corrected chi connectivity index (χ3v) is 2.67. The molecule has 5 heteroatoms. The minimum Gasteiger partial charge on any atom is -0.381 e. The lowest BCUT2D eigenvalue weighted by molar-refractivity contribution is 0.0173. The van der Waals surface area contributed by atoms with Crippen molar-refractivity contribution in [3.8, 4) is 0 Å². The maximum atomic E-state index is 5.20. The summed E-state index contributed by atoms with van der Waals surface area (Å²) in [6.07, 6.45) is 6.31. The Hall–Kier alpha value is -0.940. The smallest absolute Gasteiger partial charge is 0.0692 e. The molecule has 1 aliphatic rings. The molecule has 5 nitrogen and oxygen atoms in total. The van der Waals surface area contributed by atoms with Gasteiger partial charge in [-0.3, -0.25) is 4.68 Å². The van der Waals surface area contributed by atoms with Crippen LogP contribution in [0.2, 0.25) is 0 Å². The molecule has 0 atom stereocenters. The summed E-state index contributed by atoms with van der Waals surface area (Å²) in [4.78, 5) is 0. The van der Waals surface area contributed by atoms with Crippen molar-refractivity contribution in [2.24, 2.45) is 0 Å². The van der Waals surface area contributed by atoms with Gasteiger partial charge in [0, 0.05) is 25.9 Å². The van der Waals surface area contributed by atoms with Gasteiger partial charge >= 0.3 is 0 Å². The first-order valence-corrected chi connectivity index (χ1v) is 4.99. The van der Waals surface area contributed by atoms with Gasteiger partial charge in [-0.25, -0.2) is 0 Å². The average molecular weight is 196 g/mol. The molecule has 0 unspecified atom stereocenters. The number of rotatable bonds is 5. The van der Waals surface area contributed by atoms with Crippen LogP contribution in [0.4, 0.5) is 0 Å². The monoisotopic (exact) mass is 196 g/mol. The van der Waals surface area contributed by atoms with Gasteiger partial charge in [0.1, 0.15) is 0 Å². The van der Waals surface area contributed by atoms with Crippen molar-refractivity contribution in [3.63, 3.8) is 0 Å². The summed E-state index contributed by atoms with van der Waals surface area (Å²) >= 11 is 0. The molecule has 1 saturated carbocycles. The normalized spacial score (nSPS) is 26.1. The molecule has 1 aliphatic carbocycles. The highest BCUT2D eigenvalue weighted by atomic mass is 16.5. The molecular formula is C9H16N4O. The molecule has 0 amide bonds. The van der Waals surface area contributed by atoms with Gasteiger partial charge in [-0.1, -0.05) is 5.21 Å². The fourth-order valence-electron chi connectivity index (χ4n) is 1.66. The van der Waals surface area contributed by atoms with E-state index in [0.717, 1.165) is 25.9 Å². The summed E-state index contributed by atoms with van der Waals surface area (Å²) in [5, 5.41) is 11.1. The van der Waals surface area contributed by atoms with Crippen molar-refractivity contribution in [1.29, 1.82) is 0 Å². The molecule has 0 spiro atoms. The summed E-state index contributed by atoms with van der Waals surface area (Å²) in [6.45, 7) is 1.83. The van der Waals surface area contributed by atoms with E-state index in [1.807, 2.05) is 10.9 Å². The first kappa shape index (κ1) is 9.61. The van der Waals surface area contributed by atoms with Crippen molar-refractivity contribution in [1.82, 2.24) is 20.3 Å². The number of hydrogen-bond donors (Lipinski definition) is 1. The van der Waals surface area contributed by atoms with Crippen molar-refractivity contribution in [2.75, 3.05) is 13.7 Å². The Kier molecular flexibility index (Phi) is 3.10. The van der Waals surface area contributed by atoms with Crippen LogP contribution in [-0.4, -0.2) is 40.8 Å².